The van der Waals surface area contributed by atoms with E-state index in [2.05, 4.69) is 22.4 Å². The Balaban J connectivity index is 1.83. The summed E-state index contributed by atoms with van der Waals surface area (Å²) in [6.45, 7) is 6.32. The first-order chi connectivity index (χ1) is 13.5. The molecule has 1 aromatic heterocycles. The number of aromatic nitrogens is 3. The summed E-state index contributed by atoms with van der Waals surface area (Å²) < 4.78 is 1.95. The second kappa shape index (κ2) is 8.61. The highest BCUT2D eigenvalue weighted by Gasteiger charge is 2.17. The summed E-state index contributed by atoms with van der Waals surface area (Å²) in [5, 5.41) is 11.1. The minimum Gasteiger partial charge on any atom is -0.342 e. The largest absolute Gasteiger partial charge is 0.342 e. The Kier molecular flexibility index (Phi) is 5.99. The van der Waals surface area contributed by atoms with E-state index < -0.39 is 0 Å². The van der Waals surface area contributed by atoms with E-state index in [4.69, 9.17) is 0 Å². The second-order valence-corrected chi connectivity index (χ2v) is 6.76. The summed E-state index contributed by atoms with van der Waals surface area (Å²) in [6, 6.07) is 14.4. The van der Waals surface area contributed by atoms with Crippen molar-refractivity contribution in [2.24, 2.45) is 0 Å². The number of hydrogen-bond donors (Lipinski definition) is 1. The highest BCUT2D eigenvalue weighted by atomic mass is 16.1. The predicted octanol–water partition coefficient (Wildman–Crippen LogP) is 4.05. The normalized spacial score (nSPS) is 11.8. The van der Waals surface area contributed by atoms with Crippen LogP contribution >= 0.6 is 0 Å². The summed E-state index contributed by atoms with van der Waals surface area (Å²) >= 11 is 0. The molecular weight excluding hydrogens is 352 g/mol. The number of benzene rings is 2. The lowest BCUT2D eigenvalue weighted by Gasteiger charge is -2.15. The van der Waals surface area contributed by atoms with Gasteiger partial charge in [0.15, 0.2) is 11.6 Å². The van der Waals surface area contributed by atoms with Gasteiger partial charge in [0, 0.05) is 17.7 Å². The van der Waals surface area contributed by atoms with Crippen LogP contribution in [-0.2, 0) is 6.54 Å². The van der Waals surface area contributed by atoms with Crippen molar-refractivity contribution >= 4 is 11.7 Å². The molecule has 144 valence electrons. The van der Waals surface area contributed by atoms with E-state index in [9.17, 15) is 9.59 Å². The number of carbonyl (C=O) groups is 2. The summed E-state index contributed by atoms with van der Waals surface area (Å²) in [4.78, 5) is 24.7. The van der Waals surface area contributed by atoms with Crippen molar-refractivity contribution in [3.8, 4) is 11.1 Å². The lowest BCUT2D eigenvalue weighted by Crippen LogP contribution is -2.28. The highest BCUT2D eigenvalue weighted by Crippen LogP contribution is 2.25. The standard InChI is InChI=1S/C22H24N4O2/c1-4-12-26-14-23-25-21(26)15(2)24-22(28)18-9-7-8-17(13-18)20-11-6-5-10-19(20)16(3)27/h5-11,13-15H,4,12H2,1-3H3,(H,24,28). The molecule has 1 atom stereocenters. The minimum absolute atomic E-state index is 0.00524. The Morgan fingerprint density at radius 3 is 2.68 bits per heavy atom. The first-order valence-corrected chi connectivity index (χ1v) is 9.40. The average Bonchev–Trinajstić information content (AvgIpc) is 3.17. The fourth-order valence-electron chi connectivity index (χ4n) is 3.23. The van der Waals surface area contributed by atoms with Gasteiger partial charge in [0.05, 0.1) is 6.04 Å². The first-order valence-electron chi connectivity index (χ1n) is 9.40. The Morgan fingerprint density at radius 1 is 1.14 bits per heavy atom. The van der Waals surface area contributed by atoms with Gasteiger partial charge in [-0.2, -0.15) is 0 Å². The molecule has 2 aromatic carbocycles. The molecule has 6 heteroatoms. The van der Waals surface area contributed by atoms with E-state index in [0.29, 0.717) is 11.1 Å². The van der Waals surface area contributed by atoms with Crippen LogP contribution in [0.5, 0.6) is 0 Å². The fraction of sp³-hybridized carbons (Fsp3) is 0.273. The van der Waals surface area contributed by atoms with Gasteiger partial charge in [-0.1, -0.05) is 43.3 Å². The molecular formula is C22H24N4O2. The number of Topliss-reactive ketones (excluding diaryl/α,β-unsaturated/α-hetero) is 1. The molecule has 3 rings (SSSR count). The number of nitrogens with one attached hydrogen (secondary N) is 1. The number of amides is 1. The van der Waals surface area contributed by atoms with Crippen molar-refractivity contribution < 1.29 is 9.59 Å². The average molecular weight is 376 g/mol. The maximum atomic E-state index is 12.8. The Morgan fingerprint density at radius 2 is 1.93 bits per heavy atom. The van der Waals surface area contributed by atoms with Crippen LogP contribution in [0.1, 0.15) is 59.8 Å². The van der Waals surface area contributed by atoms with Crippen molar-refractivity contribution in [2.75, 3.05) is 0 Å². The second-order valence-electron chi connectivity index (χ2n) is 6.76. The van der Waals surface area contributed by atoms with Crippen LogP contribution in [0.25, 0.3) is 11.1 Å². The molecule has 3 aromatic rings. The Bertz CT molecular complexity index is 993. The van der Waals surface area contributed by atoms with Gasteiger partial charge in [0.2, 0.25) is 0 Å². The molecule has 1 unspecified atom stereocenters. The molecule has 0 aliphatic heterocycles. The third-order valence-electron chi connectivity index (χ3n) is 4.59. The molecule has 0 saturated heterocycles. The summed E-state index contributed by atoms with van der Waals surface area (Å²) in [5.74, 6) is 0.531. The number of aryl methyl sites for hydroxylation is 1. The van der Waals surface area contributed by atoms with E-state index in [0.717, 1.165) is 29.9 Å². The fourth-order valence-corrected chi connectivity index (χ4v) is 3.23. The molecule has 0 spiro atoms. The lowest BCUT2D eigenvalue weighted by molar-refractivity contribution is 0.0937. The predicted molar refractivity (Wildman–Crippen MR) is 108 cm³/mol. The van der Waals surface area contributed by atoms with Crippen LogP contribution < -0.4 is 5.32 Å². The van der Waals surface area contributed by atoms with E-state index in [1.54, 1.807) is 31.5 Å². The van der Waals surface area contributed by atoms with Gasteiger partial charge >= 0.3 is 0 Å². The van der Waals surface area contributed by atoms with Gasteiger partial charge in [0.1, 0.15) is 6.33 Å². The first kappa shape index (κ1) is 19.5. The van der Waals surface area contributed by atoms with Crippen molar-refractivity contribution in [3.63, 3.8) is 0 Å². The monoisotopic (exact) mass is 376 g/mol. The molecule has 0 bridgehead atoms. The van der Waals surface area contributed by atoms with Crippen molar-refractivity contribution in [1.29, 1.82) is 0 Å². The van der Waals surface area contributed by atoms with E-state index in [1.165, 1.54) is 0 Å². The van der Waals surface area contributed by atoms with Gasteiger partial charge in [-0.3, -0.25) is 9.59 Å². The molecule has 0 radical (unpaired) electrons. The Labute approximate surface area is 164 Å². The zero-order valence-corrected chi connectivity index (χ0v) is 16.3. The van der Waals surface area contributed by atoms with E-state index >= 15 is 0 Å². The maximum Gasteiger partial charge on any atom is 0.251 e. The van der Waals surface area contributed by atoms with Crippen molar-refractivity contribution in [3.05, 3.63) is 71.8 Å². The van der Waals surface area contributed by atoms with Crippen molar-refractivity contribution in [2.45, 2.75) is 39.8 Å². The molecule has 1 N–H and O–H groups in total. The van der Waals surface area contributed by atoms with Gasteiger partial charge in [0.25, 0.3) is 5.91 Å². The van der Waals surface area contributed by atoms with Gasteiger partial charge in [-0.25, -0.2) is 0 Å². The van der Waals surface area contributed by atoms with Gasteiger partial charge in [-0.05, 0) is 43.5 Å². The van der Waals surface area contributed by atoms with E-state index in [1.807, 2.05) is 41.8 Å². The van der Waals surface area contributed by atoms with Crippen LogP contribution in [-0.4, -0.2) is 26.5 Å². The Hall–Kier alpha value is -3.28. The highest BCUT2D eigenvalue weighted by molar-refractivity contribution is 6.02. The van der Waals surface area contributed by atoms with Crippen LogP contribution in [0.3, 0.4) is 0 Å². The number of carbonyl (C=O) groups excluding carboxylic acids is 2. The summed E-state index contributed by atoms with van der Waals surface area (Å²) in [5.41, 5.74) is 2.82. The van der Waals surface area contributed by atoms with Crippen molar-refractivity contribution in [1.82, 2.24) is 20.1 Å². The molecule has 0 aliphatic rings. The molecule has 1 amide bonds. The van der Waals surface area contributed by atoms with Gasteiger partial charge < -0.3 is 9.88 Å². The molecule has 6 nitrogen and oxygen atoms in total. The van der Waals surface area contributed by atoms with Crippen LogP contribution in [0.4, 0.5) is 0 Å². The van der Waals surface area contributed by atoms with E-state index in [-0.39, 0.29) is 17.7 Å². The number of hydrogen-bond acceptors (Lipinski definition) is 4. The topological polar surface area (TPSA) is 76.9 Å². The zero-order chi connectivity index (χ0) is 20.1. The smallest absolute Gasteiger partial charge is 0.251 e. The summed E-state index contributed by atoms with van der Waals surface area (Å²) in [6.07, 6.45) is 2.64. The number of ketones is 1. The SMILES string of the molecule is CCCn1cnnc1C(C)NC(=O)c1cccc(-c2ccccc2C(C)=O)c1. The molecule has 0 saturated carbocycles. The maximum absolute atomic E-state index is 12.8. The number of rotatable bonds is 7. The quantitative estimate of drug-likeness (QED) is 0.631. The third kappa shape index (κ3) is 4.17. The third-order valence-corrected chi connectivity index (χ3v) is 4.59. The molecule has 1 heterocycles. The van der Waals surface area contributed by atoms with Crippen LogP contribution in [0.15, 0.2) is 54.9 Å². The van der Waals surface area contributed by atoms with Crippen LogP contribution in [0, 0.1) is 0 Å². The lowest BCUT2D eigenvalue weighted by atomic mass is 9.96. The zero-order valence-electron chi connectivity index (χ0n) is 16.3. The van der Waals surface area contributed by atoms with Crippen LogP contribution in [0.2, 0.25) is 0 Å². The minimum atomic E-state index is -0.269. The molecule has 28 heavy (non-hydrogen) atoms. The molecule has 0 fully saturated rings. The summed E-state index contributed by atoms with van der Waals surface area (Å²) in [7, 11) is 0. The molecule has 0 aliphatic carbocycles. The van der Waals surface area contributed by atoms with Gasteiger partial charge in [-0.15, -0.1) is 10.2 Å². The number of nitrogens with zero attached hydrogens (tertiary/aromatic N) is 3.